The molecular weight excluding hydrogens is 295 g/mol. The summed E-state index contributed by atoms with van der Waals surface area (Å²) in [6, 6.07) is 5.43. The quantitative estimate of drug-likeness (QED) is 0.838. The lowest BCUT2D eigenvalue weighted by molar-refractivity contribution is 0.102. The van der Waals surface area contributed by atoms with E-state index in [0.717, 1.165) is 0 Å². The van der Waals surface area contributed by atoms with Crippen LogP contribution in [0.1, 0.15) is 15.9 Å². The zero-order valence-corrected chi connectivity index (χ0v) is 11.5. The summed E-state index contributed by atoms with van der Waals surface area (Å²) in [6.45, 7) is -0.273. The van der Waals surface area contributed by atoms with Crippen LogP contribution in [0.15, 0.2) is 36.7 Å². The van der Waals surface area contributed by atoms with E-state index in [1.54, 1.807) is 0 Å². The first-order valence-electron chi connectivity index (χ1n) is 5.91. The van der Waals surface area contributed by atoms with Crippen molar-refractivity contribution in [2.45, 2.75) is 0 Å². The van der Waals surface area contributed by atoms with Crippen LogP contribution in [0.4, 0.5) is 10.1 Å². The van der Waals surface area contributed by atoms with Gasteiger partial charge < -0.3 is 10.4 Å². The second kappa shape index (κ2) is 6.84. The summed E-state index contributed by atoms with van der Waals surface area (Å²) in [4.78, 5) is 16.0. The van der Waals surface area contributed by atoms with E-state index in [9.17, 15) is 9.18 Å². The van der Waals surface area contributed by atoms with Crippen LogP contribution in [0.3, 0.4) is 0 Å². The summed E-state index contributed by atoms with van der Waals surface area (Å²) in [5.41, 5.74) is 1.17. The molecule has 0 aliphatic rings. The van der Waals surface area contributed by atoms with E-state index >= 15 is 0 Å². The summed E-state index contributed by atoms with van der Waals surface area (Å²) in [5.74, 6) is 4.15. The molecule has 0 aliphatic heterocycles. The highest BCUT2D eigenvalue weighted by Crippen LogP contribution is 2.19. The molecule has 0 aliphatic carbocycles. The number of halogens is 2. The van der Waals surface area contributed by atoms with Crippen LogP contribution in [0.2, 0.25) is 5.02 Å². The lowest BCUT2D eigenvalue weighted by Gasteiger charge is -2.06. The number of benzene rings is 1. The highest BCUT2D eigenvalue weighted by molar-refractivity contribution is 6.31. The Balaban J connectivity index is 2.18. The maximum absolute atomic E-state index is 13.0. The molecule has 0 fully saturated rings. The number of aliphatic hydroxyl groups is 1. The van der Waals surface area contributed by atoms with Gasteiger partial charge in [-0.25, -0.2) is 4.39 Å². The molecule has 1 aromatic carbocycles. The SMILES string of the molecule is O=C(Nc1ccc(F)c(Cl)c1)c1cncc(C#CCO)c1. The standard InChI is InChI=1S/C15H10ClFN2O2/c16-13-7-12(3-4-14(13)17)19-15(21)11-6-10(2-1-5-20)8-18-9-11/h3-4,6-9,20H,5H2,(H,19,21). The number of carbonyl (C=O) groups is 1. The fourth-order valence-corrected chi connectivity index (χ4v) is 1.73. The first-order valence-corrected chi connectivity index (χ1v) is 6.29. The lowest BCUT2D eigenvalue weighted by Crippen LogP contribution is -2.12. The van der Waals surface area contributed by atoms with Crippen molar-refractivity contribution in [1.29, 1.82) is 0 Å². The van der Waals surface area contributed by atoms with Gasteiger partial charge >= 0.3 is 0 Å². The number of nitrogens with one attached hydrogen (secondary N) is 1. The van der Waals surface area contributed by atoms with Crippen molar-refractivity contribution in [3.8, 4) is 11.8 Å². The number of amides is 1. The average Bonchev–Trinajstić information content (AvgIpc) is 2.49. The molecule has 6 heteroatoms. The Morgan fingerprint density at radius 2 is 2.19 bits per heavy atom. The van der Waals surface area contributed by atoms with Crippen LogP contribution in [0, 0.1) is 17.7 Å². The Bertz CT molecular complexity index is 738. The number of carbonyl (C=O) groups excluding carboxylic acids is 1. The zero-order valence-electron chi connectivity index (χ0n) is 10.7. The first-order chi connectivity index (χ1) is 10.1. The minimum Gasteiger partial charge on any atom is -0.384 e. The van der Waals surface area contributed by atoms with Gasteiger partial charge in [-0.2, -0.15) is 0 Å². The molecule has 0 radical (unpaired) electrons. The third-order valence-corrected chi connectivity index (χ3v) is 2.78. The predicted octanol–water partition coefficient (Wildman–Crippen LogP) is 2.47. The van der Waals surface area contributed by atoms with E-state index in [2.05, 4.69) is 22.1 Å². The number of hydrogen-bond donors (Lipinski definition) is 2. The number of rotatable bonds is 2. The third-order valence-electron chi connectivity index (χ3n) is 2.49. The molecule has 2 aromatic rings. The molecule has 1 amide bonds. The topological polar surface area (TPSA) is 62.2 Å². The molecule has 0 unspecified atom stereocenters. The van der Waals surface area contributed by atoms with E-state index in [4.69, 9.17) is 16.7 Å². The highest BCUT2D eigenvalue weighted by Gasteiger charge is 2.08. The predicted molar refractivity (Wildman–Crippen MR) is 77.6 cm³/mol. The van der Waals surface area contributed by atoms with Gasteiger partial charge in [-0.05, 0) is 24.3 Å². The minimum absolute atomic E-state index is 0.0755. The van der Waals surface area contributed by atoms with Gasteiger partial charge in [0.15, 0.2) is 0 Å². The van der Waals surface area contributed by atoms with Crippen LogP contribution in [-0.4, -0.2) is 22.6 Å². The molecular formula is C15H10ClFN2O2. The second-order valence-electron chi connectivity index (χ2n) is 4.01. The lowest BCUT2D eigenvalue weighted by atomic mass is 10.2. The smallest absolute Gasteiger partial charge is 0.257 e. The first kappa shape index (κ1) is 15.0. The van der Waals surface area contributed by atoms with Crippen molar-refractivity contribution in [2.24, 2.45) is 0 Å². The summed E-state index contributed by atoms with van der Waals surface area (Å²) in [6.07, 6.45) is 2.86. The Labute approximate surface area is 125 Å². The van der Waals surface area contributed by atoms with Crippen molar-refractivity contribution in [3.05, 3.63) is 58.6 Å². The van der Waals surface area contributed by atoms with Crippen molar-refractivity contribution in [3.63, 3.8) is 0 Å². The van der Waals surface area contributed by atoms with Gasteiger partial charge in [-0.1, -0.05) is 23.4 Å². The fraction of sp³-hybridized carbons (Fsp3) is 0.0667. The fourth-order valence-electron chi connectivity index (χ4n) is 1.55. The van der Waals surface area contributed by atoms with Crippen LogP contribution in [-0.2, 0) is 0 Å². The van der Waals surface area contributed by atoms with Gasteiger partial charge in [0.2, 0.25) is 0 Å². The number of pyridine rings is 1. The van der Waals surface area contributed by atoms with Crippen LogP contribution in [0.5, 0.6) is 0 Å². The highest BCUT2D eigenvalue weighted by atomic mass is 35.5. The Morgan fingerprint density at radius 1 is 1.38 bits per heavy atom. The monoisotopic (exact) mass is 304 g/mol. The van der Waals surface area contributed by atoms with Gasteiger partial charge in [-0.15, -0.1) is 0 Å². The summed E-state index contributed by atoms with van der Waals surface area (Å²) in [5, 5.41) is 11.1. The van der Waals surface area contributed by atoms with Gasteiger partial charge in [0, 0.05) is 23.6 Å². The Morgan fingerprint density at radius 3 is 2.90 bits per heavy atom. The summed E-state index contributed by atoms with van der Waals surface area (Å²) < 4.78 is 13.0. The number of aliphatic hydroxyl groups excluding tert-OH is 1. The van der Waals surface area contributed by atoms with Crippen molar-refractivity contribution in [2.75, 3.05) is 11.9 Å². The van der Waals surface area contributed by atoms with E-state index in [-0.39, 0.29) is 11.6 Å². The van der Waals surface area contributed by atoms with Crippen LogP contribution < -0.4 is 5.32 Å². The molecule has 106 valence electrons. The van der Waals surface area contributed by atoms with Crippen molar-refractivity contribution in [1.82, 2.24) is 4.98 Å². The number of aromatic nitrogens is 1. The number of anilines is 1. The molecule has 0 saturated carbocycles. The molecule has 1 aromatic heterocycles. The van der Waals surface area contributed by atoms with E-state index in [1.807, 2.05) is 0 Å². The second-order valence-corrected chi connectivity index (χ2v) is 4.41. The molecule has 0 spiro atoms. The molecule has 21 heavy (non-hydrogen) atoms. The van der Waals surface area contributed by atoms with Gasteiger partial charge in [-0.3, -0.25) is 9.78 Å². The average molecular weight is 305 g/mol. The summed E-state index contributed by atoms with van der Waals surface area (Å²) >= 11 is 5.65. The number of hydrogen-bond acceptors (Lipinski definition) is 3. The molecule has 0 saturated heterocycles. The zero-order chi connectivity index (χ0) is 15.2. The summed E-state index contributed by atoms with van der Waals surface area (Å²) in [7, 11) is 0. The van der Waals surface area contributed by atoms with Crippen molar-refractivity contribution < 1.29 is 14.3 Å². The molecule has 0 bridgehead atoms. The molecule has 0 atom stereocenters. The molecule has 2 rings (SSSR count). The normalized spacial score (nSPS) is 9.67. The third kappa shape index (κ3) is 4.02. The Hall–Kier alpha value is -2.42. The van der Waals surface area contributed by atoms with Crippen LogP contribution in [0.25, 0.3) is 0 Å². The molecule has 4 nitrogen and oxygen atoms in total. The van der Waals surface area contributed by atoms with Gasteiger partial charge in [0.25, 0.3) is 5.91 Å². The maximum Gasteiger partial charge on any atom is 0.257 e. The Kier molecular flexibility index (Phi) is 4.88. The molecule has 2 N–H and O–H groups in total. The largest absolute Gasteiger partial charge is 0.384 e. The number of nitrogens with zero attached hydrogens (tertiary/aromatic N) is 1. The van der Waals surface area contributed by atoms with Gasteiger partial charge in [0.1, 0.15) is 12.4 Å². The van der Waals surface area contributed by atoms with E-state index < -0.39 is 11.7 Å². The van der Waals surface area contributed by atoms with E-state index in [0.29, 0.717) is 16.8 Å². The van der Waals surface area contributed by atoms with Gasteiger partial charge in [0.05, 0.1) is 10.6 Å². The molecule has 1 heterocycles. The minimum atomic E-state index is -0.558. The van der Waals surface area contributed by atoms with Crippen LogP contribution >= 0.6 is 11.6 Å². The van der Waals surface area contributed by atoms with E-state index in [1.165, 1.54) is 36.7 Å². The van der Waals surface area contributed by atoms with Crippen molar-refractivity contribution >= 4 is 23.2 Å². The maximum atomic E-state index is 13.0.